The normalized spacial score (nSPS) is 13.6. The van der Waals surface area contributed by atoms with Gasteiger partial charge in [-0.05, 0) is 39.0 Å². The molecule has 0 heterocycles. The van der Waals surface area contributed by atoms with Gasteiger partial charge in [0.1, 0.15) is 5.75 Å². The van der Waals surface area contributed by atoms with Gasteiger partial charge in [0.25, 0.3) is 0 Å². The molecule has 22 heavy (non-hydrogen) atoms. The minimum absolute atomic E-state index is 0.0276. The number of nitrogens with zero attached hydrogens (tertiary/aromatic N) is 1. The number of rotatable bonds is 6. The zero-order valence-electron chi connectivity index (χ0n) is 13.6. The van der Waals surface area contributed by atoms with Crippen LogP contribution in [-0.4, -0.2) is 46.3 Å². The molecule has 0 radical (unpaired) electrons. The summed E-state index contributed by atoms with van der Waals surface area (Å²) in [5.41, 5.74) is 0.586. The first-order valence-corrected chi connectivity index (χ1v) is 9.11. The molecule has 0 fully saturated rings. The van der Waals surface area contributed by atoms with E-state index in [-0.39, 0.29) is 18.2 Å². The summed E-state index contributed by atoms with van der Waals surface area (Å²) in [6.07, 6.45) is 1.65. The maximum absolute atomic E-state index is 12.2. The summed E-state index contributed by atoms with van der Waals surface area (Å²) in [5.74, 6) is 1.02. The number of hydrogen-bond donors (Lipinski definition) is 1. The molecule has 1 N–H and O–H groups in total. The van der Waals surface area contributed by atoms with Crippen LogP contribution in [0, 0.1) is 0 Å². The second-order valence-electron chi connectivity index (χ2n) is 5.44. The van der Waals surface area contributed by atoms with Crippen LogP contribution in [0.25, 0.3) is 0 Å². The van der Waals surface area contributed by atoms with Gasteiger partial charge in [-0.1, -0.05) is 11.6 Å². The molecule has 0 aromatic heterocycles. The summed E-state index contributed by atoms with van der Waals surface area (Å²) >= 11 is 6.14. The Bertz CT molecular complexity index is 552. The number of carbonyl (C=O) groups excluding carboxylic acids is 1. The van der Waals surface area contributed by atoms with Crippen LogP contribution in [-0.2, 0) is 10.8 Å². The van der Waals surface area contributed by atoms with Crippen LogP contribution in [0.4, 0.5) is 10.5 Å². The minimum atomic E-state index is -0.951. The van der Waals surface area contributed by atoms with Gasteiger partial charge in [-0.15, -0.1) is 0 Å². The molecule has 1 aromatic rings. The fourth-order valence-electron chi connectivity index (χ4n) is 1.79. The van der Waals surface area contributed by atoms with Crippen molar-refractivity contribution in [1.29, 1.82) is 0 Å². The number of anilines is 1. The van der Waals surface area contributed by atoms with Crippen LogP contribution < -0.4 is 10.1 Å². The van der Waals surface area contributed by atoms with Gasteiger partial charge in [-0.25, -0.2) is 4.79 Å². The average molecular weight is 347 g/mol. The predicted molar refractivity (Wildman–Crippen MR) is 92.4 cm³/mol. The molecular weight excluding hydrogens is 324 g/mol. The summed E-state index contributed by atoms with van der Waals surface area (Å²) < 4.78 is 16.8. The highest BCUT2D eigenvalue weighted by Crippen LogP contribution is 2.28. The van der Waals surface area contributed by atoms with Crippen LogP contribution in [0.5, 0.6) is 5.75 Å². The molecule has 2 unspecified atom stereocenters. The Labute approximate surface area is 139 Å². The topological polar surface area (TPSA) is 58.6 Å². The van der Waals surface area contributed by atoms with Gasteiger partial charge < -0.3 is 15.0 Å². The Hall–Kier alpha value is -1.27. The maximum Gasteiger partial charge on any atom is 0.321 e. The fourth-order valence-corrected chi connectivity index (χ4v) is 2.92. The van der Waals surface area contributed by atoms with E-state index < -0.39 is 10.8 Å². The van der Waals surface area contributed by atoms with Crippen LogP contribution in [0.2, 0.25) is 5.02 Å². The Balaban J connectivity index is 2.72. The van der Waals surface area contributed by atoms with Crippen LogP contribution in [0.15, 0.2) is 18.2 Å². The highest BCUT2D eigenvalue weighted by Gasteiger charge is 2.17. The van der Waals surface area contributed by atoms with Gasteiger partial charge in [-0.3, -0.25) is 4.21 Å². The lowest BCUT2D eigenvalue weighted by Crippen LogP contribution is -2.40. The number of ether oxygens (including phenoxy) is 1. The van der Waals surface area contributed by atoms with E-state index in [0.717, 1.165) is 0 Å². The minimum Gasteiger partial charge on any atom is -0.489 e. The summed E-state index contributed by atoms with van der Waals surface area (Å²) in [6, 6.07) is 4.71. The first kappa shape index (κ1) is 18.8. The van der Waals surface area contributed by atoms with E-state index in [0.29, 0.717) is 22.2 Å². The van der Waals surface area contributed by atoms with E-state index in [1.54, 1.807) is 31.5 Å². The second-order valence-corrected chi connectivity index (χ2v) is 7.33. The van der Waals surface area contributed by atoms with Crippen LogP contribution >= 0.6 is 11.6 Å². The van der Waals surface area contributed by atoms with Crippen LogP contribution in [0.3, 0.4) is 0 Å². The van der Waals surface area contributed by atoms with Crippen molar-refractivity contribution in [3.05, 3.63) is 23.2 Å². The molecule has 2 atom stereocenters. The molecule has 7 heteroatoms. The monoisotopic (exact) mass is 346 g/mol. The van der Waals surface area contributed by atoms with Crippen molar-refractivity contribution >= 4 is 34.1 Å². The zero-order chi connectivity index (χ0) is 16.9. The number of amides is 2. The predicted octanol–water partition coefficient (Wildman–Crippen LogP) is 3.36. The maximum atomic E-state index is 12.2. The summed E-state index contributed by atoms with van der Waals surface area (Å²) in [7, 11) is 0.720. The molecule has 2 amide bonds. The lowest BCUT2D eigenvalue weighted by atomic mass is 10.3. The standard InChI is InChI=1S/C15H23ClN2O3S/c1-10(2)21-14-7-6-12(8-13(14)16)17-15(19)18(4)11(3)9-22(5)20/h6-8,10-11H,9H2,1-5H3,(H,17,19). The van der Waals surface area contributed by atoms with Crippen LogP contribution in [0.1, 0.15) is 20.8 Å². The molecule has 0 saturated heterocycles. The van der Waals surface area contributed by atoms with Crippen molar-refractivity contribution in [2.75, 3.05) is 24.4 Å². The lowest BCUT2D eigenvalue weighted by Gasteiger charge is -2.24. The van der Waals surface area contributed by atoms with Crippen molar-refractivity contribution in [2.24, 2.45) is 0 Å². The Kier molecular flexibility index (Phi) is 7.16. The molecule has 0 spiro atoms. The van der Waals surface area contributed by atoms with Gasteiger partial charge in [0.2, 0.25) is 0 Å². The van der Waals surface area contributed by atoms with E-state index in [9.17, 15) is 9.00 Å². The smallest absolute Gasteiger partial charge is 0.321 e. The molecule has 0 saturated carbocycles. The van der Waals surface area contributed by atoms with Gasteiger partial charge in [-0.2, -0.15) is 0 Å². The van der Waals surface area contributed by atoms with E-state index in [1.165, 1.54) is 4.90 Å². The van der Waals surface area contributed by atoms with Gasteiger partial charge in [0, 0.05) is 41.6 Å². The van der Waals surface area contributed by atoms with Gasteiger partial charge in [0.15, 0.2) is 0 Å². The van der Waals surface area contributed by atoms with Crippen molar-refractivity contribution in [3.8, 4) is 5.75 Å². The average Bonchev–Trinajstić information content (AvgIpc) is 2.39. The SMILES string of the molecule is CC(C)Oc1ccc(NC(=O)N(C)C(C)CS(C)=O)cc1Cl. The summed E-state index contributed by atoms with van der Waals surface area (Å²) in [4.78, 5) is 13.7. The Morgan fingerprint density at radius 1 is 1.41 bits per heavy atom. The number of benzene rings is 1. The fraction of sp³-hybridized carbons (Fsp3) is 0.533. The first-order valence-electron chi connectivity index (χ1n) is 7.00. The van der Waals surface area contributed by atoms with E-state index in [1.807, 2.05) is 20.8 Å². The van der Waals surface area contributed by atoms with Crippen molar-refractivity contribution < 1.29 is 13.7 Å². The Morgan fingerprint density at radius 3 is 2.55 bits per heavy atom. The summed E-state index contributed by atoms with van der Waals surface area (Å²) in [5, 5.41) is 3.21. The third-order valence-corrected chi connectivity index (χ3v) is 4.25. The highest BCUT2D eigenvalue weighted by atomic mass is 35.5. The molecule has 5 nitrogen and oxygen atoms in total. The van der Waals surface area contributed by atoms with Gasteiger partial charge >= 0.3 is 6.03 Å². The molecule has 1 rings (SSSR count). The molecule has 0 aliphatic rings. The van der Waals surface area contributed by atoms with Gasteiger partial charge in [0.05, 0.1) is 11.1 Å². The molecule has 124 valence electrons. The number of halogens is 1. The van der Waals surface area contributed by atoms with E-state index >= 15 is 0 Å². The van der Waals surface area contributed by atoms with Crippen molar-refractivity contribution in [3.63, 3.8) is 0 Å². The lowest BCUT2D eigenvalue weighted by molar-refractivity contribution is 0.212. The zero-order valence-corrected chi connectivity index (χ0v) is 15.1. The van der Waals surface area contributed by atoms with Crippen molar-refractivity contribution in [1.82, 2.24) is 4.90 Å². The molecule has 1 aromatic carbocycles. The highest BCUT2D eigenvalue weighted by molar-refractivity contribution is 7.84. The largest absolute Gasteiger partial charge is 0.489 e. The number of carbonyl (C=O) groups is 1. The quantitative estimate of drug-likeness (QED) is 0.859. The molecule has 0 aliphatic carbocycles. The molecule has 0 bridgehead atoms. The van der Waals surface area contributed by atoms with E-state index in [4.69, 9.17) is 16.3 Å². The first-order chi connectivity index (χ1) is 10.2. The number of nitrogens with one attached hydrogen (secondary N) is 1. The van der Waals surface area contributed by atoms with Crippen molar-refractivity contribution in [2.45, 2.75) is 32.9 Å². The molecule has 0 aliphatic heterocycles. The van der Waals surface area contributed by atoms with E-state index in [2.05, 4.69) is 5.32 Å². The number of urea groups is 1. The number of hydrogen-bond acceptors (Lipinski definition) is 3. The third kappa shape index (κ3) is 5.85. The molecular formula is C15H23ClN2O3S. The Morgan fingerprint density at radius 2 is 2.05 bits per heavy atom. The second kappa shape index (κ2) is 8.39. The summed E-state index contributed by atoms with van der Waals surface area (Å²) in [6.45, 7) is 5.69. The third-order valence-electron chi connectivity index (χ3n) is 3.00.